The summed E-state index contributed by atoms with van der Waals surface area (Å²) in [5.41, 5.74) is 2.58. The first-order valence-electron chi connectivity index (χ1n) is 16.6. The van der Waals surface area contributed by atoms with Gasteiger partial charge in [-0.25, -0.2) is 4.79 Å². The quantitative estimate of drug-likeness (QED) is 0.234. The fourth-order valence-corrected chi connectivity index (χ4v) is 6.13. The average molecular weight is 654 g/mol. The van der Waals surface area contributed by atoms with Crippen LogP contribution < -0.4 is 21.3 Å². The zero-order valence-corrected chi connectivity index (χ0v) is 26.9. The Morgan fingerprint density at radius 3 is 1.88 bits per heavy atom. The van der Waals surface area contributed by atoms with Gasteiger partial charge >= 0.3 is 6.09 Å². The smallest absolute Gasteiger partial charge is 0.407 e. The Morgan fingerprint density at radius 1 is 0.688 bits per heavy atom. The van der Waals surface area contributed by atoms with Gasteiger partial charge < -0.3 is 30.9 Å². The first-order valence-corrected chi connectivity index (χ1v) is 16.6. The SMILES string of the molecule is O=C(NCCCC[C@@H]1NC(=O)[C@H]2CCCN2C(=O)[C@H](Cc2ccccc2)NC(=O)[C@H](Cc2ccccc2)NC1=O)OCc1ccccc1. The fraction of sp³-hybridized carbons (Fsp3) is 0.378. The lowest BCUT2D eigenvalue weighted by Gasteiger charge is -2.32. The van der Waals surface area contributed by atoms with Gasteiger partial charge in [-0.15, -0.1) is 0 Å². The van der Waals surface area contributed by atoms with Crippen LogP contribution in [0.1, 0.15) is 48.8 Å². The molecule has 252 valence electrons. The highest BCUT2D eigenvalue weighted by molar-refractivity contribution is 5.98. The first kappa shape index (κ1) is 34.2. The minimum absolute atomic E-state index is 0.159. The minimum atomic E-state index is -0.986. The maximum Gasteiger partial charge on any atom is 0.407 e. The molecule has 2 aliphatic heterocycles. The molecule has 2 aliphatic rings. The molecule has 0 radical (unpaired) electrons. The van der Waals surface area contributed by atoms with Gasteiger partial charge in [-0.05, 0) is 48.8 Å². The van der Waals surface area contributed by atoms with Crippen LogP contribution in [0.25, 0.3) is 0 Å². The third kappa shape index (κ3) is 9.66. The second kappa shape index (κ2) is 17.1. The highest BCUT2D eigenvalue weighted by Gasteiger charge is 2.40. The van der Waals surface area contributed by atoms with E-state index in [0.29, 0.717) is 38.8 Å². The molecule has 3 aromatic rings. The minimum Gasteiger partial charge on any atom is -0.445 e. The number of ether oxygens (including phenoxy) is 1. The third-order valence-electron chi connectivity index (χ3n) is 8.69. The Hall–Kier alpha value is -5.19. The Balaban J connectivity index is 1.27. The Kier molecular flexibility index (Phi) is 12.2. The van der Waals surface area contributed by atoms with Crippen molar-refractivity contribution < 1.29 is 28.7 Å². The average Bonchev–Trinajstić information content (AvgIpc) is 3.60. The number of hydrogen-bond donors (Lipinski definition) is 4. The van der Waals surface area contributed by atoms with Crippen LogP contribution in [0.15, 0.2) is 91.0 Å². The van der Waals surface area contributed by atoms with Gasteiger partial charge in [0.05, 0.1) is 0 Å². The van der Waals surface area contributed by atoms with Gasteiger partial charge in [0.25, 0.3) is 0 Å². The molecule has 5 rings (SSSR count). The van der Waals surface area contributed by atoms with Gasteiger partial charge in [-0.2, -0.15) is 0 Å². The van der Waals surface area contributed by atoms with E-state index in [1.807, 2.05) is 91.0 Å². The van der Waals surface area contributed by atoms with Crippen LogP contribution >= 0.6 is 0 Å². The molecule has 0 saturated carbocycles. The highest BCUT2D eigenvalue weighted by Crippen LogP contribution is 2.21. The molecule has 48 heavy (non-hydrogen) atoms. The molecule has 0 aliphatic carbocycles. The third-order valence-corrected chi connectivity index (χ3v) is 8.69. The molecule has 2 fully saturated rings. The topological polar surface area (TPSA) is 146 Å². The molecule has 0 spiro atoms. The van der Waals surface area contributed by atoms with Crippen molar-refractivity contribution in [3.63, 3.8) is 0 Å². The van der Waals surface area contributed by atoms with Crippen molar-refractivity contribution in [2.24, 2.45) is 0 Å². The van der Waals surface area contributed by atoms with Gasteiger partial charge in [0.15, 0.2) is 0 Å². The number of unbranched alkanes of at least 4 members (excludes halogenated alkanes) is 1. The molecule has 2 saturated heterocycles. The highest BCUT2D eigenvalue weighted by atomic mass is 16.5. The van der Waals surface area contributed by atoms with Crippen molar-refractivity contribution >= 4 is 29.7 Å². The number of nitrogens with zero attached hydrogens (tertiary/aromatic N) is 1. The molecule has 0 aromatic heterocycles. The lowest BCUT2D eigenvalue weighted by atomic mass is 10.00. The summed E-state index contributed by atoms with van der Waals surface area (Å²) < 4.78 is 5.25. The number of rotatable bonds is 11. The molecule has 4 N–H and O–H groups in total. The molecule has 4 atom stereocenters. The molecule has 11 heteroatoms. The summed E-state index contributed by atoms with van der Waals surface area (Å²) in [5, 5.41) is 11.4. The monoisotopic (exact) mass is 653 g/mol. The maximum atomic E-state index is 14.0. The molecule has 5 amide bonds. The van der Waals surface area contributed by atoms with Crippen molar-refractivity contribution in [3.8, 4) is 0 Å². The predicted octanol–water partition coefficient (Wildman–Crippen LogP) is 3.03. The predicted molar refractivity (Wildman–Crippen MR) is 179 cm³/mol. The van der Waals surface area contributed by atoms with Crippen molar-refractivity contribution in [1.82, 2.24) is 26.2 Å². The molecule has 0 unspecified atom stereocenters. The van der Waals surface area contributed by atoms with E-state index < -0.39 is 48.0 Å². The van der Waals surface area contributed by atoms with E-state index in [0.717, 1.165) is 16.7 Å². The summed E-state index contributed by atoms with van der Waals surface area (Å²) in [5.74, 6) is -1.67. The normalized spacial score (nSPS) is 21.5. The number of benzene rings is 3. The summed E-state index contributed by atoms with van der Waals surface area (Å²) >= 11 is 0. The lowest BCUT2D eigenvalue weighted by molar-refractivity contribution is -0.143. The largest absolute Gasteiger partial charge is 0.445 e. The van der Waals surface area contributed by atoms with Gasteiger partial charge in [0.2, 0.25) is 23.6 Å². The van der Waals surface area contributed by atoms with Crippen molar-refractivity contribution in [2.75, 3.05) is 13.1 Å². The molecular weight excluding hydrogens is 610 g/mol. The summed E-state index contributed by atoms with van der Waals surface area (Å²) in [7, 11) is 0. The van der Waals surface area contributed by atoms with Crippen LogP contribution in [0.5, 0.6) is 0 Å². The van der Waals surface area contributed by atoms with Crippen molar-refractivity contribution in [1.29, 1.82) is 0 Å². The van der Waals surface area contributed by atoms with Gasteiger partial charge in [0, 0.05) is 25.9 Å². The van der Waals surface area contributed by atoms with Gasteiger partial charge in [0.1, 0.15) is 30.8 Å². The maximum absolute atomic E-state index is 14.0. The van der Waals surface area contributed by atoms with Crippen LogP contribution in [0.2, 0.25) is 0 Å². The number of fused-ring (bicyclic) bond motifs is 1. The summed E-state index contributed by atoms with van der Waals surface area (Å²) in [6.45, 7) is 0.865. The van der Waals surface area contributed by atoms with Gasteiger partial charge in [-0.3, -0.25) is 19.2 Å². The number of alkyl carbamates (subject to hydrolysis) is 1. The summed E-state index contributed by atoms with van der Waals surface area (Å²) in [6, 6.07) is 24.5. The summed E-state index contributed by atoms with van der Waals surface area (Å²) in [6.07, 6.45) is 2.31. The van der Waals surface area contributed by atoms with Crippen LogP contribution in [0.3, 0.4) is 0 Å². The van der Waals surface area contributed by atoms with Crippen molar-refractivity contribution in [2.45, 2.75) is 75.7 Å². The van der Waals surface area contributed by atoms with E-state index in [1.54, 1.807) is 0 Å². The summed E-state index contributed by atoms with van der Waals surface area (Å²) in [4.78, 5) is 68.9. The Morgan fingerprint density at radius 2 is 1.23 bits per heavy atom. The van der Waals surface area contributed by atoms with E-state index in [9.17, 15) is 24.0 Å². The molecule has 2 heterocycles. The van der Waals surface area contributed by atoms with Crippen LogP contribution in [-0.4, -0.2) is 71.9 Å². The lowest BCUT2D eigenvalue weighted by Crippen LogP contribution is -2.62. The van der Waals surface area contributed by atoms with E-state index in [4.69, 9.17) is 4.74 Å². The van der Waals surface area contributed by atoms with Crippen molar-refractivity contribution in [3.05, 3.63) is 108 Å². The number of nitrogens with one attached hydrogen (secondary N) is 4. The van der Waals surface area contributed by atoms with E-state index in [1.165, 1.54) is 4.90 Å². The number of carbonyl (C=O) groups excluding carboxylic acids is 5. The Bertz CT molecular complexity index is 1540. The number of hydrogen-bond acceptors (Lipinski definition) is 6. The first-order chi connectivity index (χ1) is 23.4. The molecule has 0 bridgehead atoms. The Labute approximate surface area is 280 Å². The fourth-order valence-electron chi connectivity index (χ4n) is 6.13. The molecule has 3 aromatic carbocycles. The molecule has 11 nitrogen and oxygen atoms in total. The van der Waals surface area contributed by atoms with Crippen LogP contribution in [0.4, 0.5) is 4.79 Å². The van der Waals surface area contributed by atoms with Crippen LogP contribution in [-0.2, 0) is 43.4 Å². The van der Waals surface area contributed by atoms with E-state index >= 15 is 0 Å². The zero-order valence-electron chi connectivity index (χ0n) is 26.9. The second-order valence-electron chi connectivity index (χ2n) is 12.2. The zero-order chi connectivity index (χ0) is 33.7. The van der Waals surface area contributed by atoms with Gasteiger partial charge in [-0.1, -0.05) is 91.0 Å². The van der Waals surface area contributed by atoms with Crippen LogP contribution in [0, 0.1) is 0 Å². The van der Waals surface area contributed by atoms with E-state index in [-0.39, 0.29) is 31.8 Å². The van der Waals surface area contributed by atoms with E-state index in [2.05, 4.69) is 21.3 Å². The molecular formula is C37H43N5O6. The number of carbonyl (C=O) groups is 5. The number of amides is 5. The second-order valence-corrected chi connectivity index (χ2v) is 12.2. The standard InChI is InChI=1S/C37H43N5O6/c43-33-29(19-10-11-21-38-37(47)48-25-28-17-8-3-9-18-28)39-35(45)32-20-12-22-42(32)36(46)31(24-27-15-6-2-7-16-27)41-34(44)30(40-33)23-26-13-4-1-5-14-26/h1-9,13-18,29-32H,10-12,19-25H2,(H,38,47)(H,39,45)(H,40,43)(H,41,44)/t29-,30-,31-,32+/m0/s1.